The molecule has 0 spiro atoms. The second-order valence-corrected chi connectivity index (χ2v) is 6.43. The molecule has 3 rings (SSSR count). The molecule has 1 aromatic heterocycles. The molecule has 1 saturated heterocycles. The number of carbonyl (C=O) groups excluding carboxylic acids is 1. The molecular weight excluding hydrogens is 307 g/mol. The molecular formula is C16H22F3N3O. The van der Waals surface area contributed by atoms with Gasteiger partial charge >= 0.3 is 6.18 Å². The number of amides is 1. The molecule has 23 heavy (non-hydrogen) atoms. The minimum atomic E-state index is -4.45. The number of halogens is 3. The van der Waals surface area contributed by atoms with Gasteiger partial charge in [-0.1, -0.05) is 12.8 Å². The van der Waals surface area contributed by atoms with Gasteiger partial charge in [-0.3, -0.25) is 9.48 Å². The van der Waals surface area contributed by atoms with Gasteiger partial charge in [0, 0.05) is 24.3 Å². The van der Waals surface area contributed by atoms with E-state index < -0.39 is 11.9 Å². The molecule has 1 aromatic rings. The van der Waals surface area contributed by atoms with Crippen molar-refractivity contribution in [2.45, 2.75) is 64.1 Å². The molecule has 4 nitrogen and oxygen atoms in total. The lowest BCUT2D eigenvalue weighted by Crippen LogP contribution is -2.35. The lowest BCUT2D eigenvalue weighted by Gasteiger charge is -2.21. The fourth-order valence-electron chi connectivity index (χ4n) is 3.58. The molecule has 0 unspecified atom stereocenters. The van der Waals surface area contributed by atoms with Crippen LogP contribution in [0.15, 0.2) is 0 Å². The molecule has 0 bridgehead atoms. The molecule has 7 heteroatoms. The Morgan fingerprint density at radius 1 is 1.00 bits per heavy atom. The van der Waals surface area contributed by atoms with Crippen molar-refractivity contribution in [1.29, 1.82) is 0 Å². The van der Waals surface area contributed by atoms with Crippen LogP contribution in [0.3, 0.4) is 0 Å². The van der Waals surface area contributed by atoms with Crippen molar-refractivity contribution in [3.63, 3.8) is 0 Å². The number of rotatable bonds is 2. The Morgan fingerprint density at radius 2 is 1.65 bits per heavy atom. The highest BCUT2D eigenvalue weighted by Gasteiger charge is 2.39. The van der Waals surface area contributed by atoms with Gasteiger partial charge in [-0.05, 0) is 38.5 Å². The van der Waals surface area contributed by atoms with Crippen LogP contribution < -0.4 is 0 Å². The average molecular weight is 329 g/mol. The number of alkyl halides is 3. The summed E-state index contributed by atoms with van der Waals surface area (Å²) in [6, 6.07) is 0. The maximum atomic E-state index is 13.2. The number of hydrogen-bond acceptors (Lipinski definition) is 2. The third-order valence-corrected chi connectivity index (χ3v) is 4.77. The first-order valence-corrected chi connectivity index (χ1v) is 8.40. The molecule has 0 atom stereocenters. The SMILES string of the molecule is O=C(Cn1nc(C(F)(F)F)c2c1CCCC2)N1CCCCCC1. The number of likely N-dealkylation sites (tertiary alicyclic amines) is 1. The van der Waals surface area contributed by atoms with Crippen LogP contribution in [0.1, 0.15) is 55.5 Å². The highest BCUT2D eigenvalue weighted by molar-refractivity contribution is 5.76. The average Bonchev–Trinajstić information content (AvgIpc) is 2.70. The van der Waals surface area contributed by atoms with Gasteiger partial charge in [0.2, 0.25) is 5.91 Å². The lowest BCUT2D eigenvalue weighted by atomic mass is 9.95. The summed E-state index contributed by atoms with van der Waals surface area (Å²) < 4.78 is 40.8. The van der Waals surface area contributed by atoms with Crippen molar-refractivity contribution < 1.29 is 18.0 Å². The summed E-state index contributed by atoms with van der Waals surface area (Å²) in [7, 11) is 0. The van der Waals surface area contributed by atoms with Gasteiger partial charge in [0.25, 0.3) is 0 Å². The zero-order valence-electron chi connectivity index (χ0n) is 13.2. The zero-order chi connectivity index (χ0) is 16.4. The lowest BCUT2D eigenvalue weighted by molar-refractivity contribution is -0.142. The van der Waals surface area contributed by atoms with Crippen molar-refractivity contribution >= 4 is 5.91 Å². The standard InChI is InChI=1S/C16H22F3N3O/c17-16(18,19)15-12-7-3-4-8-13(12)22(20-15)11-14(23)21-9-5-1-2-6-10-21/h1-11H2. The minimum Gasteiger partial charge on any atom is -0.341 e. The fraction of sp³-hybridized carbons (Fsp3) is 0.750. The van der Waals surface area contributed by atoms with Crippen molar-refractivity contribution in [3.05, 3.63) is 17.0 Å². The van der Waals surface area contributed by atoms with E-state index in [9.17, 15) is 18.0 Å². The third-order valence-electron chi connectivity index (χ3n) is 4.77. The van der Waals surface area contributed by atoms with Crippen LogP contribution in [0.25, 0.3) is 0 Å². The summed E-state index contributed by atoms with van der Waals surface area (Å²) in [6.07, 6.45) is 2.30. The van der Waals surface area contributed by atoms with Gasteiger partial charge in [-0.25, -0.2) is 0 Å². The van der Waals surface area contributed by atoms with Gasteiger partial charge in [-0.2, -0.15) is 18.3 Å². The van der Waals surface area contributed by atoms with Crippen molar-refractivity contribution in [3.8, 4) is 0 Å². The van der Waals surface area contributed by atoms with Crippen LogP contribution in [0, 0.1) is 0 Å². The molecule has 2 heterocycles. The number of nitrogens with zero attached hydrogens (tertiary/aromatic N) is 3. The van der Waals surface area contributed by atoms with Gasteiger partial charge in [-0.15, -0.1) is 0 Å². The van der Waals surface area contributed by atoms with Crippen molar-refractivity contribution in [2.75, 3.05) is 13.1 Å². The van der Waals surface area contributed by atoms with E-state index in [0.717, 1.165) is 38.5 Å². The van der Waals surface area contributed by atoms with E-state index in [1.54, 1.807) is 4.90 Å². The van der Waals surface area contributed by atoms with Crippen LogP contribution in [0.2, 0.25) is 0 Å². The predicted molar refractivity (Wildman–Crippen MR) is 78.9 cm³/mol. The molecule has 1 fully saturated rings. The van der Waals surface area contributed by atoms with E-state index in [0.29, 0.717) is 37.2 Å². The summed E-state index contributed by atoms with van der Waals surface area (Å²) in [4.78, 5) is 14.2. The van der Waals surface area contributed by atoms with Crippen LogP contribution >= 0.6 is 0 Å². The molecule has 0 radical (unpaired) electrons. The Labute approximate surface area is 133 Å². The molecule has 0 saturated carbocycles. The van der Waals surface area contributed by atoms with Crippen LogP contribution in [-0.4, -0.2) is 33.7 Å². The van der Waals surface area contributed by atoms with Gasteiger partial charge < -0.3 is 4.90 Å². The summed E-state index contributed by atoms with van der Waals surface area (Å²) in [6.45, 7) is 1.33. The van der Waals surface area contributed by atoms with E-state index in [-0.39, 0.29) is 12.5 Å². The summed E-state index contributed by atoms with van der Waals surface area (Å²) in [5.41, 5.74) is 0.107. The van der Waals surface area contributed by atoms with Gasteiger partial charge in [0.05, 0.1) is 0 Å². The predicted octanol–water partition coefficient (Wildman–Crippen LogP) is 3.18. The van der Waals surface area contributed by atoms with Gasteiger partial charge in [0.15, 0.2) is 5.69 Å². The first kappa shape index (κ1) is 16.3. The number of carbonyl (C=O) groups is 1. The minimum absolute atomic E-state index is 0.0710. The summed E-state index contributed by atoms with van der Waals surface area (Å²) in [5.74, 6) is -0.114. The van der Waals surface area contributed by atoms with Crippen LogP contribution in [0.4, 0.5) is 13.2 Å². The van der Waals surface area contributed by atoms with E-state index in [2.05, 4.69) is 5.10 Å². The van der Waals surface area contributed by atoms with E-state index in [1.807, 2.05) is 0 Å². The molecule has 1 aliphatic heterocycles. The molecule has 0 N–H and O–H groups in total. The number of fused-ring (bicyclic) bond motifs is 1. The normalized spacial score (nSPS) is 19.3. The highest BCUT2D eigenvalue weighted by Crippen LogP contribution is 2.35. The largest absolute Gasteiger partial charge is 0.435 e. The molecule has 1 amide bonds. The number of aromatic nitrogens is 2. The Bertz CT molecular complexity index is 572. The second-order valence-electron chi connectivity index (χ2n) is 6.43. The smallest absolute Gasteiger partial charge is 0.341 e. The Hall–Kier alpha value is -1.53. The summed E-state index contributed by atoms with van der Waals surface area (Å²) in [5, 5.41) is 3.77. The number of hydrogen-bond donors (Lipinski definition) is 0. The quantitative estimate of drug-likeness (QED) is 0.836. The van der Waals surface area contributed by atoms with E-state index >= 15 is 0 Å². The van der Waals surface area contributed by atoms with Crippen LogP contribution in [0.5, 0.6) is 0 Å². The van der Waals surface area contributed by atoms with Crippen molar-refractivity contribution in [1.82, 2.24) is 14.7 Å². The first-order chi connectivity index (χ1) is 11.0. The zero-order valence-corrected chi connectivity index (χ0v) is 13.2. The maximum Gasteiger partial charge on any atom is 0.435 e. The molecule has 2 aliphatic rings. The Kier molecular flexibility index (Phi) is 4.64. The monoisotopic (exact) mass is 329 g/mol. The second kappa shape index (κ2) is 6.53. The first-order valence-electron chi connectivity index (χ1n) is 8.40. The summed E-state index contributed by atoms with van der Waals surface area (Å²) >= 11 is 0. The highest BCUT2D eigenvalue weighted by atomic mass is 19.4. The topological polar surface area (TPSA) is 38.1 Å². The maximum absolute atomic E-state index is 13.2. The molecule has 128 valence electrons. The van der Waals surface area contributed by atoms with E-state index in [1.165, 1.54) is 4.68 Å². The van der Waals surface area contributed by atoms with Crippen molar-refractivity contribution in [2.24, 2.45) is 0 Å². The molecule has 0 aromatic carbocycles. The third kappa shape index (κ3) is 3.53. The van der Waals surface area contributed by atoms with Gasteiger partial charge in [0.1, 0.15) is 6.54 Å². The Morgan fingerprint density at radius 3 is 2.30 bits per heavy atom. The fourth-order valence-corrected chi connectivity index (χ4v) is 3.58. The Balaban J connectivity index is 1.82. The molecule has 1 aliphatic carbocycles. The van der Waals surface area contributed by atoms with Crippen LogP contribution in [-0.2, 0) is 30.4 Å². The van der Waals surface area contributed by atoms with E-state index in [4.69, 9.17) is 0 Å².